The molecule has 5 nitrogen and oxygen atoms in total. The molecule has 150 valence electrons. The van der Waals surface area contributed by atoms with Gasteiger partial charge in [-0.1, -0.05) is 24.3 Å². The van der Waals surface area contributed by atoms with Crippen molar-refractivity contribution < 1.29 is 9.90 Å². The Morgan fingerprint density at radius 3 is 2.86 bits per heavy atom. The van der Waals surface area contributed by atoms with Crippen LogP contribution < -0.4 is 5.73 Å². The molecule has 1 amide bonds. The average molecular weight is 408 g/mol. The number of hydrogen-bond acceptors (Lipinski definition) is 4. The number of nitrogens with one attached hydrogen (secondary N) is 1. The number of nitrogens with two attached hydrogens (primary N) is 1. The molecular formula is C23H25N3O2S. The number of carbonyl (C=O) groups is 1. The summed E-state index contributed by atoms with van der Waals surface area (Å²) in [6, 6.07) is 13.0. The third-order valence-corrected chi connectivity index (χ3v) is 6.36. The lowest BCUT2D eigenvalue weighted by atomic mass is 9.96. The van der Waals surface area contributed by atoms with Crippen LogP contribution in [-0.2, 0) is 5.75 Å². The lowest BCUT2D eigenvalue weighted by molar-refractivity contribution is 0.100. The maximum Gasteiger partial charge on any atom is 0.248 e. The van der Waals surface area contributed by atoms with Crippen LogP contribution in [0.1, 0.15) is 27.4 Å². The Labute approximate surface area is 174 Å². The quantitative estimate of drug-likeness (QED) is 0.410. The Bertz CT molecular complexity index is 1030. The Morgan fingerprint density at radius 2 is 2.07 bits per heavy atom. The van der Waals surface area contributed by atoms with E-state index in [1.165, 1.54) is 11.1 Å². The average Bonchev–Trinajstić information content (AvgIpc) is 3.14. The molecule has 6 heteroatoms. The summed E-state index contributed by atoms with van der Waals surface area (Å²) in [4.78, 5) is 17.2. The summed E-state index contributed by atoms with van der Waals surface area (Å²) in [5.41, 5.74) is 9.43. The summed E-state index contributed by atoms with van der Waals surface area (Å²) in [7, 11) is 0. The Morgan fingerprint density at radius 1 is 1.24 bits per heavy atom. The Balaban J connectivity index is 1.30. The standard InChI is InChI=1S/C23H25N3O2S/c24-23(28)17-5-8-22-21(12-17)19(13-25-22)15-29-11-10-26-9-1-2-18(14-26)16-3-6-20(27)7-4-16/h1-8,12-13,18,25,27H,9-11,14-15H2,(H2,24,28). The molecule has 0 aliphatic carbocycles. The topological polar surface area (TPSA) is 82.4 Å². The fourth-order valence-electron chi connectivity index (χ4n) is 3.74. The van der Waals surface area contributed by atoms with Crippen LogP contribution in [0.3, 0.4) is 0 Å². The summed E-state index contributed by atoms with van der Waals surface area (Å²) in [6.45, 7) is 3.00. The van der Waals surface area contributed by atoms with Gasteiger partial charge in [-0.25, -0.2) is 0 Å². The molecule has 1 aromatic heterocycles. The zero-order chi connectivity index (χ0) is 20.2. The fraction of sp³-hybridized carbons (Fsp3) is 0.261. The van der Waals surface area contributed by atoms with E-state index in [-0.39, 0.29) is 0 Å². The number of primary amides is 1. The predicted octanol–water partition coefficient (Wildman–Crippen LogP) is 3.86. The number of rotatable bonds is 7. The molecule has 0 fully saturated rings. The SMILES string of the molecule is NC(=O)c1ccc2[nH]cc(CSCCN3CC=CC(c4ccc(O)cc4)C3)c2c1. The van der Waals surface area contributed by atoms with Gasteiger partial charge in [-0.2, -0.15) is 11.8 Å². The minimum Gasteiger partial charge on any atom is -0.508 e. The Kier molecular flexibility index (Phi) is 5.92. The molecule has 4 N–H and O–H groups in total. The van der Waals surface area contributed by atoms with Crippen molar-refractivity contribution in [2.24, 2.45) is 5.73 Å². The summed E-state index contributed by atoms with van der Waals surface area (Å²) in [5.74, 6) is 2.22. The second kappa shape index (κ2) is 8.76. The molecule has 1 aliphatic heterocycles. The van der Waals surface area contributed by atoms with Gasteiger partial charge in [0.1, 0.15) is 5.75 Å². The van der Waals surface area contributed by atoms with Gasteiger partial charge in [0, 0.05) is 59.7 Å². The van der Waals surface area contributed by atoms with Gasteiger partial charge in [-0.3, -0.25) is 9.69 Å². The second-order valence-corrected chi connectivity index (χ2v) is 8.48. The first-order valence-corrected chi connectivity index (χ1v) is 10.9. The van der Waals surface area contributed by atoms with E-state index in [0.29, 0.717) is 17.2 Å². The van der Waals surface area contributed by atoms with Crippen molar-refractivity contribution in [2.75, 3.05) is 25.4 Å². The summed E-state index contributed by atoms with van der Waals surface area (Å²) in [6.07, 6.45) is 6.52. The highest BCUT2D eigenvalue weighted by molar-refractivity contribution is 7.98. The largest absolute Gasteiger partial charge is 0.508 e. The number of benzene rings is 2. The van der Waals surface area contributed by atoms with Gasteiger partial charge in [0.15, 0.2) is 0 Å². The van der Waals surface area contributed by atoms with Gasteiger partial charge in [-0.15, -0.1) is 0 Å². The maximum absolute atomic E-state index is 11.4. The number of nitrogens with zero attached hydrogens (tertiary/aromatic N) is 1. The van der Waals surface area contributed by atoms with Crippen molar-refractivity contribution in [2.45, 2.75) is 11.7 Å². The van der Waals surface area contributed by atoms with Gasteiger partial charge in [-0.05, 0) is 41.5 Å². The fourth-order valence-corrected chi connectivity index (χ4v) is 4.73. The lowest BCUT2D eigenvalue weighted by Crippen LogP contribution is -2.33. The first kappa shape index (κ1) is 19.6. The lowest BCUT2D eigenvalue weighted by Gasteiger charge is -2.29. The number of aromatic hydroxyl groups is 1. The number of carbonyl (C=O) groups excluding carboxylic acids is 1. The first-order chi connectivity index (χ1) is 14.1. The monoisotopic (exact) mass is 407 g/mol. The molecule has 0 saturated heterocycles. The van der Waals surface area contributed by atoms with E-state index in [9.17, 15) is 9.90 Å². The number of amides is 1. The number of fused-ring (bicyclic) bond motifs is 1. The van der Waals surface area contributed by atoms with Crippen LogP contribution in [0.4, 0.5) is 0 Å². The maximum atomic E-state index is 11.4. The van der Waals surface area contributed by atoms with E-state index in [1.54, 1.807) is 18.2 Å². The molecule has 3 aromatic rings. The van der Waals surface area contributed by atoms with Crippen molar-refractivity contribution in [3.63, 3.8) is 0 Å². The van der Waals surface area contributed by atoms with Crippen LogP contribution in [0, 0.1) is 0 Å². The summed E-state index contributed by atoms with van der Waals surface area (Å²) < 4.78 is 0. The van der Waals surface area contributed by atoms with E-state index in [1.807, 2.05) is 42.2 Å². The highest BCUT2D eigenvalue weighted by Crippen LogP contribution is 2.26. The van der Waals surface area contributed by atoms with Crippen LogP contribution in [-0.4, -0.2) is 46.3 Å². The molecule has 29 heavy (non-hydrogen) atoms. The highest BCUT2D eigenvalue weighted by atomic mass is 32.2. The van der Waals surface area contributed by atoms with Gasteiger partial charge >= 0.3 is 0 Å². The number of phenols is 1. The second-order valence-electron chi connectivity index (χ2n) is 7.38. The molecule has 2 aromatic carbocycles. The minimum atomic E-state index is -0.395. The number of phenolic OH excluding ortho intramolecular Hbond substituents is 1. The zero-order valence-corrected chi connectivity index (χ0v) is 17.0. The molecule has 1 aliphatic rings. The third-order valence-electron chi connectivity index (χ3n) is 5.37. The van der Waals surface area contributed by atoms with Crippen molar-refractivity contribution >= 4 is 28.6 Å². The van der Waals surface area contributed by atoms with E-state index >= 15 is 0 Å². The molecule has 0 spiro atoms. The molecular weight excluding hydrogens is 382 g/mol. The molecule has 1 atom stereocenters. The van der Waals surface area contributed by atoms with Crippen molar-refractivity contribution in [3.05, 3.63) is 77.5 Å². The van der Waals surface area contributed by atoms with Gasteiger partial charge in [0.2, 0.25) is 5.91 Å². The summed E-state index contributed by atoms with van der Waals surface area (Å²) >= 11 is 1.90. The van der Waals surface area contributed by atoms with Crippen molar-refractivity contribution in [3.8, 4) is 5.75 Å². The Hall–Kier alpha value is -2.70. The van der Waals surface area contributed by atoms with E-state index < -0.39 is 5.91 Å². The van der Waals surface area contributed by atoms with Crippen LogP contribution in [0.15, 0.2) is 60.8 Å². The number of aromatic nitrogens is 1. The number of aromatic amines is 1. The van der Waals surface area contributed by atoms with Gasteiger partial charge in [0.25, 0.3) is 0 Å². The minimum absolute atomic E-state index is 0.307. The summed E-state index contributed by atoms with van der Waals surface area (Å²) in [5, 5.41) is 10.6. The van der Waals surface area contributed by atoms with E-state index in [4.69, 9.17) is 5.73 Å². The number of H-pyrrole nitrogens is 1. The van der Waals surface area contributed by atoms with Gasteiger partial charge < -0.3 is 15.8 Å². The third kappa shape index (κ3) is 4.66. The first-order valence-electron chi connectivity index (χ1n) is 9.75. The highest BCUT2D eigenvalue weighted by Gasteiger charge is 2.17. The van der Waals surface area contributed by atoms with E-state index in [2.05, 4.69) is 22.0 Å². The van der Waals surface area contributed by atoms with Crippen molar-refractivity contribution in [1.29, 1.82) is 0 Å². The molecule has 0 saturated carbocycles. The molecule has 1 unspecified atom stereocenters. The predicted molar refractivity (Wildman–Crippen MR) is 119 cm³/mol. The van der Waals surface area contributed by atoms with Crippen molar-refractivity contribution in [1.82, 2.24) is 9.88 Å². The van der Waals surface area contributed by atoms with Crippen LogP contribution in [0.5, 0.6) is 5.75 Å². The van der Waals surface area contributed by atoms with E-state index in [0.717, 1.165) is 42.0 Å². The normalized spacial score (nSPS) is 17.0. The molecule has 2 heterocycles. The molecule has 4 rings (SSSR count). The smallest absolute Gasteiger partial charge is 0.248 e. The molecule has 0 bridgehead atoms. The van der Waals surface area contributed by atoms with Gasteiger partial charge in [0.05, 0.1) is 0 Å². The molecule has 0 radical (unpaired) electrons. The zero-order valence-electron chi connectivity index (χ0n) is 16.2. The van der Waals surface area contributed by atoms with Crippen LogP contribution >= 0.6 is 11.8 Å². The van der Waals surface area contributed by atoms with Crippen LogP contribution in [0.25, 0.3) is 10.9 Å². The number of hydrogen-bond donors (Lipinski definition) is 3. The number of thioether (sulfide) groups is 1. The van der Waals surface area contributed by atoms with Crippen LogP contribution in [0.2, 0.25) is 0 Å².